The molecule has 3 nitrogen and oxygen atoms in total. The largest absolute Gasteiger partial charge is 0.324 e. The van der Waals surface area contributed by atoms with Crippen LogP contribution in [-0.4, -0.2) is 11.9 Å². The Morgan fingerprint density at radius 3 is 2.71 bits per heavy atom. The molecule has 0 bridgehead atoms. The molecule has 76 valence electrons. The number of rotatable bonds is 3. The maximum absolute atomic E-state index is 11.5. The van der Waals surface area contributed by atoms with Crippen LogP contribution in [0.4, 0.5) is 5.69 Å². The summed E-state index contributed by atoms with van der Waals surface area (Å²) in [6.07, 6.45) is 0.651. The first kappa shape index (κ1) is 10.7. The lowest BCUT2D eigenvalue weighted by Crippen LogP contribution is -2.34. The number of hydrogen-bond acceptors (Lipinski definition) is 2. The number of carbonyl (C=O) groups excluding carboxylic acids is 1. The van der Waals surface area contributed by atoms with E-state index in [1.807, 2.05) is 38.1 Å². The molecule has 0 aliphatic rings. The zero-order chi connectivity index (χ0) is 10.6. The third-order valence-electron chi connectivity index (χ3n) is 2.18. The second-order valence-corrected chi connectivity index (χ2v) is 3.32. The van der Waals surface area contributed by atoms with Crippen LogP contribution < -0.4 is 11.1 Å². The van der Waals surface area contributed by atoms with E-state index in [9.17, 15) is 4.79 Å². The fourth-order valence-electron chi connectivity index (χ4n) is 1.12. The molecule has 0 saturated carbocycles. The van der Waals surface area contributed by atoms with Crippen LogP contribution in [0.2, 0.25) is 0 Å². The van der Waals surface area contributed by atoms with Gasteiger partial charge in [0.05, 0.1) is 6.04 Å². The summed E-state index contributed by atoms with van der Waals surface area (Å²) in [4.78, 5) is 11.5. The molecule has 1 aromatic carbocycles. The van der Waals surface area contributed by atoms with Crippen LogP contribution in [-0.2, 0) is 4.79 Å². The van der Waals surface area contributed by atoms with Crippen molar-refractivity contribution in [3.8, 4) is 0 Å². The topological polar surface area (TPSA) is 55.1 Å². The van der Waals surface area contributed by atoms with E-state index in [-0.39, 0.29) is 5.91 Å². The van der Waals surface area contributed by atoms with E-state index < -0.39 is 6.04 Å². The van der Waals surface area contributed by atoms with Crippen LogP contribution in [0.1, 0.15) is 18.9 Å². The van der Waals surface area contributed by atoms with Crippen molar-refractivity contribution in [2.75, 3.05) is 5.32 Å². The molecule has 0 fully saturated rings. The Hall–Kier alpha value is -1.35. The van der Waals surface area contributed by atoms with Crippen molar-refractivity contribution in [3.05, 3.63) is 29.8 Å². The number of aryl methyl sites for hydroxylation is 1. The molecule has 1 aromatic rings. The Kier molecular flexibility index (Phi) is 3.65. The smallest absolute Gasteiger partial charge is 0.241 e. The first-order chi connectivity index (χ1) is 6.65. The molecule has 1 amide bonds. The zero-order valence-corrected chi connectivity index (χ0v) is 8.58. The summed E-state index contributed by atoms with van der Waals surface area (Å²) >= 11 is 0. The lowest BCUT2D eigenvalue weighted by Gasteiger charge is -2.11. The summed E-state index contributed by atoms with van der Waals surface area (Å²) in [7, 11) is 0. The van der Waals surface area contributed by atoms with Gasteiger partial charge in [0.1, 0.15) is 0 Å². The van der Waals surface area contributed by atoms with E-state index in [4.69, 9.17) is 5.73 Å². The molecular formula is C11H16N2O. The quantitative estimate of drug-likeness (QED) is 0.765. The average molecular weight is 192 g/mol. The van der Waals surface area contributed by atoms with Gasteiger partial charge in [0.25, 0.3) is 0 Å². The number of benzene rings is 1. The van der Waals surface area contributed by atoms with Gasteiger partial charge in [-0.05, 0) is 25.0 Å². The molecule has 3 heteroatoms. The number of amides is 1. The van der Waals surface area contributed by atoms with E-state index in [0.29, 0.717) is 6.42 Å². The number of hydrogen-bond donors (Lipinski definition) is 2. The highest BCUT2D eigenvalue weighted by Gasteiger charge is 2.11. The minimum atomic E-state index is -0.422. The maximum atomic E-state index is 11.5. The summed E-state index contributed by atoms with van der Waals surface area (Å²) in [6, 6.07) is 7.22. The van der Waals surface area contributed by atoms with Crippen molar-refractivity contribution < 1.29 is 4.79 Å². The van der Waals surface area contributed by atoms with Crippen LogP contribution in [0.3, 0.4) is 0 Å². The van der Waals surface area contributed by atoms with Crippen molar-refractivity contribution in [1.29, 1.82) is 0 Å². The summed E-state index contributed by atoms with van der Waals surface area (Å²) < 4.78 is 0. The van der Waals surface area contributed by atoms with Gasteiger partial charge in [-0.3, -0.25) is 4.79 Å². The van der Waals surface area contributed by atoms with Gasteiger partial charge in [-0.25, -0.2) is 0 Å². The third-order valence-corrected chi connectivity index (χ3v) is 2.18. The SMILES string of the molecule is CC[C@@H](N)C(=O)Nc1ccccc1C. The Morgan fingerprint density at radius 2 is 2.14 bits per heavy atom. The highest BCUT2D eigenvalue weighted by Crippen LogP contribution is 2.13. The number of carbonyl (C=O) groups is 1. The minimum absolute atomic E-state index is 0.123. The third kappa shape index (κ3) is 2.57. The minimum Gasteiger partial charge on any atom is -0.324 e. The van der Waals surface area contributed by atoms with Gasteiger partial charge in [-0.1, -0.05) is 25.1 Å². The molecule has 3 N–H and O–H groups in total. The normalized spacial score (nSPS) is 12.2. The molecule has 14 heavy (non-hydrogen) atoms. The van der Waals surface area contributed by atoms with Gasteiger partial charge in [-0.2, -0.15) is 0 Å². The predicted octanol–water partition coefficient (Wildman–Crippen LogP) is 1.67. The Morgan fingerprint density at radius 1 is 1.50 bits per heavy atom. The summed E-state index contributed by atoms with van der Waals surface area (Å²) in [5.74, 6) is -0.123. The molecule has 0 spiro atoms. The number of para-hydroxylation sites is 1. The van der Waals surface area contributed by atoms with Gasteiger partial charge in [0, 0.05) is 5.69 Å². The van der Waals surface area contributed by atoms with Gasteiger partial charge >= 0.3 is 0 Å². The molecule has 0 aromatic heterocycles. The fraction of sp³-hybridized carbons (Fsp3) is 0.364. The van der Waals surface area contributed by atoms with Crippen molar-refractivity contribution in [2.45, 2.75) is 26.3 Å². The van der Waals surface area contributed by atoms with Gasteiger partial charge in [0.15, 0.2) is 0 Å². The second-order valence-electron chi connectivity index (χ2n) is 3.32. The van der Waals surface area contributed by atoms with E-state index in [0.717, 1.165) is 11.3 Å². The van der Waals surface area contributed by atoms with Gasteiger partial charge < -0.3 is 11.1 Å². The van der Waals surface area contributed by atoms with Crippen molar-refractivity contribution >= 4 is 11.6 Å². The first-order valence-electron chi connectivity index (χ1n) is 4.77. The standard InChI is InChI=1S/C11H16N2O/c1-3-9(12)11(14)13-10-7-5-4-6-8(10)2/h4-7,9H,3,12H2,1-2H3,(H,13,14)/t9-/m1/s1. The van der Waals surface area contributed by atoms with E-state index in [1.54, 1.807) is 0 Å². The summed E-state index contributed by atoms with van der Waals surface area (Å²) in [5.41, 5.74) is 7.48. The zero-order valence-electron chi connectivity index (χ0n) is 8.58. The summed E-state index contributed by atoms with van der Waals surface area (Å²) in [5, 5.41) is 2.80. The molecule has 0 saturated heterocycles. The van der Waals surface area contributed by atoms with E-state index in [1.165, 1.54) is 0 Å². The van der Waals surface area contributed by atoms with Crippen LogP contribution in [0.5, 0.6) is 0 Å². The van der Waals surface area contributed by atoms with Crippen molar-refractivity contribution in [2.24, 2.45) is 5.73 Å². The van der Waals surface area contributed by atoms with Gasteiger partial charge in [0.2, 0.25) is 5.91 Å². The van der Waals surface area contributed by atoms with Gasteiger partial charge in [-0.15, -0.1) is 0 Å². The maximum Gasteiger partial charge on any atom is 0.241 e. The van der Waals surface area contributed by atoms with Crippen molar-refractivity contribution in [1.82, 2.24) is 0 Å². The average Bonchev–Trinajstić information content (AvgIpc) is 2.20. The number of nitrogens with one attached hydrogen (secondary N) is 1. The molecule has 0 aliphatic carbocycles. The molecule has 0 heterocycles. The Balaban J connectivity index is 2.70. The molecule has 0 radical (unpaired) electrons. The highest BCUT2D eigenvalue weighted by atomic mass is 16.2. The van der Waals surface area contributed by atoms with Crippen LogP contribution in [0, 0.1) is 6.92 Å². The van der Waals surface area contributed by atoms with Crippen LogP contribution in [0.25, 0.3) is 0 Å². The fourth-order valence-corrected chi connectivity index (χ4v) is 1.12. The molecule has 0 unspecified atom stereocenters. The highest BCUT2D eigenvalue weighted by molar-refractivity contribution is 5.95. The molecule has 1 atom stereocenters. The molecular weight excluding hydrogens is 176 g/mol. The summed E-state index contributed by atoms with van der Waals surface area (Å²) in [6.45, 7) is 3.84. The lowest BCUT2D eigenvalue weighted by molar-refractivity contribution is -0.117. The monoisotopic (exact) mass is 192 g/mol. The first-order valence-corrected chi connectivity index (χ1v) is 4.77. The Bertz CT molecular complexity index is 323. The van der Waals surface area contributed by atoms with Crippen molar-refractivity contribution in [3.63, 3.8) is 0 Å². The predicted molar refractivity (Wildman–Crippen MR) is 58.1 cm³/mol. The van der Waals surface area contributed by atoms with Crippen LogP contribution in [0.15, 0.2) is 24.3 Å². The Labute approximate surface area is 84.3 Å². The lowest BCUT2D eigenvalue weighted by atomic mass is 10.2. The number of nitrogens with two attached hydrogens (primary N) is 1. The second kappa shape index (κ2) is 4.77. The van der Waals surface area contributed by atoms with Crippen LogP contribution >= 0.6 is 0 Å². The number of anilines is 1. The molecule has 1 rings (SSSR count). The van der Waals surface area contributed by atoms with E-state index in [2.05, 4.69) is 5.32 Å². The van der Waals surface area contributed by atoms with E-state index >= 15 is 0 Å². The molecule has 0 aliphatic heterocycles.